The standard InChI is InChI=1S/C13H19N/c1-14(2)13-11-7-3-5-9(11)10-6-4-8-12(10)13/h3,5,7,10-13H,4,6,8H2,1-2H3/t10-,11-,12-,13-/m1/s1. The van der Waals surface area contributed by atoms with Crippen molar-refractivity contribution in [2.24, 2.45) is 17.8 Å². The van der Waals surface area contributed by atoms with E-state index < -0.39 is 0 Å². The summed E-state index contributed by atoms with van der Waals surface area (Å²) in [6, 6.07) is 0.785. The van der Waals surface area contributed by atoms with Crippen LogP contribution in [0.5, 0.6) is 0 Å². The Labute approximate surface area is 86.5 Å². The molecule has 3 aliphatic rings. The second kappa shape index (κ2) is 2.96. The van der Waals surface area contributed by atoms with Crippen molar-refractivity contribution >= 4 is 0 Å². The molecule has 1 nitrogen and oxygen atoms in total. The molecule has 3 aliphatic carbocycles. The van der Waals surface area contributed by atoms with Gasteiger partial charge in [-0.25, -0.2) is 0 Å². The van der Waals surface area contributed by atoms with E-state index in [9.17, 15) is 0 Å². The van der Waals surface area contributed by atoms with E-state index in [1.54, 1.807) is 5.57 Å². The lowest BCUT2D eigenvalue weighted by molar-refractivity contribution is 0.204. The van der Waals surface area contributed by atoms with Gasteiger partial charge in [0.2, 0.25) is 0 Å². The number of allylic oxidation sites excluding steroid dienone is 2. The fourth-order valence-electron chi connectivity index (χ4n) is 3.97. The van der Waals surface area contributed by atoms with Crippen LogP contribution in [-0.4, -0.2) is 25.0 Å². The number of hydrogen-bond donors (Lipinski definition) is 0. The zero-order valence-electron chi connectivity index (χ0n) is 9.11. The van der Waals surface area contributed by atoms with Crippen LogP contribution in [0.25, 0.3) is 0 Å². The highest BCUT2D eigenvalue weighted by atomic mass is 15.1. The van der Waals surface area contributed by atoms with Gasteiger partial charge in [-0.3, -0.25) is 0 Å². The minimum atomic E-state index is 0.750. The second-order valence-electron chi connectivity index (χ2n) is 5.23. The molecule has 0 aromatic carbocycles. The summed E-state index contributed by atoms with van der Waals surface area (Å²) >= 11 is 0. The van der Waals surface area contributed by atoms with Gasteiger partial charge in [0.05, 0.1) is 0 Å². The van der Waals surface area contributed by atoms with Crippen molar-refractivity contribution in [2.45, 2.75) is 25.3 Å². The molecule has 0 saturated heterocycles. The van der Waals surface area contributed by atoms with Crippen molar-refractivity contribution in [3.8, 4) is 0 Å². The maximum atomic E-state index is 2.45. The third kappa shape index (κ3) is 0.993. The molecule has 4 atom stereocenters. The Bertz CT molecular complexity index is 300. The van der Waals surface area contributed by atoms with Crippen molar-refractivity contribution in [3.05, 3.63) is 23.8 Å². The van der Waals surface area contributed by atoms with Gasteiger partial charge >= 0.3 is 0 Å². The molecule has 0 aromatic heterocycles. The van der Waals surface area contributed by atoms with Gasteiger partial charge in [0.15, 0.2) is 0 Å². The lowest BCUT2D eigenvalue weighted by atomic mass is 9.94. The molecule has 14 heavy (non-hydrogen) atoms. The Morgan fingerprint density at radius 1 is 1.29 bits per heavy atom. The SMILES string of the molecule is CN(C)[C@H]1[C@@H]2CCC[C@@H]2C2=CC=C[C@H]21. The summed E-state index contributed by atoms with van der Waals surface area (Å²) in [5, 5.41) is 0. The lowest BCUT2D eigenvalue weighted by Gasteiger charge is -2.28. The van der Waals surface area contributed by atoms with Gasteiger partial charge in [0, 0.05) is 12.0 Å². The largest absolute Gasteiger partial charge is 0.305 e. The molecule has 3 rings (SSSR count). The van der Waals surface area contributed by atoms with Crippen molar-refractivity contribution in [1.29, 1.82) is 0 Å². The van der Waals surface area contributed by atoms with Crippen LogP contribution in [0.3, 0.4) is 0 Å². The minimum Gasteiger partial charge on any atom is -0.305 e. The molecule has 0 radical (unpaired) electrons. The zero-order chi connectivity index (χ0) is 9.71. The normalized spacial score (nSPS) is 44.4. The van der Waals surface area contributed by atoms with Crippen molar-refractivity contribution in [3.63, 3.8) is 0 Å². The zero-order valence-corrected chi connectivity index (χ0v) is 9.11. The summed E-state index contributed by atoms with van der Waals surface area (Å²) in [4.78, 5) is 2.45. The first kappa shape index (κ1) is 8.72. The highest BCUT2D eigenvalue weighted by Crippen LogP contribution is 2.53. The lowest BCUT2D eigenvalue weighted by Crippen LogP contribution is -2.35. The van der Waals surface area contributed by atoms with Gasteiger partial charge in [-0.05, 0) is 38.8 Å². The molecule has 0 aliphatic heterocycles. The van der Waals surface area contributed by atoms with Gasteiger partial charge < -0.3 is 4.90 Å². The smallest absolute Gasteiger partial charge is 0.0224 e. The third-order valence-corrected chi connectivity index (χ3v) is 4.39. The first-order chi connectivity index (χ1) is 6.79. The second-order valence-corrected chi connectivity index (χ2v) is 5.23. The van der Waals surface area contributed by atoms with E-state index in [0.717, 1.165) is 23.8 Å². The highest BCUT2D eigenvalue weighted by Gasteiger charge is 2.49. The molecule has 0 bridgehead atoms. The fraction of sp³-hybridized carbons (Fsp3) is 0.692. The van der Waals surface area contributed by atoms with Crippen molar-refractivity contribution in [1.82, 2.24) is 4.90 Å². The summed E-state index contributed by atoms with van der Waals surface area (Å²) in [6.07, 6.45) is 11.4. The van der Waals surface area contributed by atoms with E-state index in [1.165, 1.54) is 19.3 Å². The van der Waals surface area contributed by atoms with Gasteiger partial charge in [-0.1, -0.05) is 30.2 Å². The molecular weight excluding hydrogens is 170 g/mol. The van der Waals surface area contributed by atoms with Crippen LogP contribution < -0.4 is 0 Å². The molecule has 2 fully saturated rings. The maximum Gasteiger partial charge on any atom is 0.0224 e. The minimum absolute atomic E-state index is 0.750. The number of nitrogens with zero attached hydrogens (tertiary/aromatic N) is 1. The van der Waals surface area contributed by atoms with Crippen LogP contribution in [0.2, 0.25) is 0 Å². The Kier molecular flexibility index (Phi) is 1.85. The first-order valence-electron chi connectivity index (χ1n) is 5.84. The van der Waals surface area contributed by atoms with Crippen LogP contribution in [0.15, 0.2) is 23.8 Å². The van der Waals surface area contributed by atoms with Crippen molar-refractivity contribution < 1.29 is 0 Å². The van der Waals surface area contributed by atoms with Gasteiger partial charge in [0.25, 0.3) is 0 Å². The Morgan fingerprint density at radius 3 is 2.93 bits per heavy atom. The first-order valence-corrected chi connectivity index (χ1v) is 5.84. The maximum absolute atomic E-state index is 2.45. The summed E-state index contributed by atoms with van der Waals surface area (Å²) in [5.41, 5.74) is 1.74. The molecule has 0 spiro atoms. The van der Waals surface area contributed by atoms with E-state index in [2.05, 4.69) is 37.2 Å². The average molecular weight is 189 g/mol. The van der Waals surface area contributed by atoms with E-state index in [-0.39, 0.29) is 0 Å². The summed E-state index contributed by atoms with van der Waals surface area (Å²) in [6.45, 7) is 0. The fourth-order valence-corrected chi connectivity index (χ4v) is 3.97. The Morgan fingerprint density at radius 2 is 2.14 bits per heavy atom. The van der Waals surface area contributed by atoms with E-state index in [4.69, 9.17) is 0 Å². The molecule has 0 heterocycles. The predicted molar refractivity (Wildman–Crippen MR) is 59.0 cm³/mol. The topological polar surface area (TPSA) is 3.24 Å². The quantitative estimate of drug-likeness (QED) is 0.612. The molecule has 2 saturated carbocycles. The Balaban J connectivity index is 1.97. The van der Waals surface area contributed by atoms with Crippen LogP contribution in [0, 0.1) is 17.8 Å². The van der Waals surface area contributed by atoms with Crippen molar-refractivity contribution in [2.75, 3.05) is 14.1 Å². The predicted octanol–water partition coefficient (Wildman–Crippen LogP) is 2.46. The molecule has 0 unspecified atom stereocenters. The Hall–Kier alpha value is -0.560. The molecule has 0 aromatic rings. The number of rotatable bonds is 1. The molecule has 1 heteroatoms. The van der Waals surface area contributed by atoms with E-state index in [1.807, 2.05) is 0 Å². The average Bonchev–Trinajstić information content (AvgIpc) is 2.70. The van der Waals surface area contributed by atoms with Crippen LogP contribution in [0.4, 0.5) is 0 Å². The van der Waals surface area contributed by atoms with Gasteiger partial charge in [0.1, 0.15) is 0 Å². The molecule has 76 valence electrons. The van der Waals surface area contributed by atoms with E-state index >= 15 is 0 Å². The van der Waals surface area contributed by atoms with Gasteiger partial charge in [-0.15, -0.1) is 0 Å². The molecule has 0 amide bonds. The number of hydrogen-bond acceptors (Lipinski definition) is 1. The van der Waals surface area contributed by atoms with Crippen LogP contribution in [0.1, 0.15) is 19.3 Å². The summed E-state index contributed by atoms with van der Waals surface area (Å²) in [5.74, 6) is 2.62. The van der Waals surface area contributed by atoms with E-state index in [0.29, 0.717) is 0 Å². The molecular formula is C13H19N. The monoisotopic (exact) mass is 189 g/mol. The van der Waals surface area contributed by atoms with Gasteiger partial charge in [-0.2, -0.15) is 0 Å². The summed E-state index contributed by atoms with van der Waals surface area (Å²) < 4.78 is 0. The van der Waals surface area contributed by atoms with Crippen LogP contribution >= 0.6 is 0 Å². The molecule has 0 N–H and O–H groups in total. The summed E-state index contributed by atoms with van der Waals surface area (Å²) in [7, 11) is 4.49. The third-order valence-electron chi connectivity index (χ3n) is 4.39. The highest BCUT2D eigenvalue weighted by molar-refractivity contribution is 5.37. The van der Waals surface area contributed by atoms with Crippen LogP contribution in [-0.2, 0) is 0 Å². The number of fused-ring (bicyclic) bond motifs is 3.